The molecule has 0 heterocycles. The average molecular weight is 277 g/mol. The molecule has 0 bridgehead atoms. The molecule has 0 saturated carbocycles. The van der Waals surface area contributed by atoms with Crippen molar-refractivity contribution in [3.63, 3.8) is 0 Å². The van der Waals surface area contributed by atoms with Crippen LogP contribution in [0.2, 0.25) is 0 Å². The Balaban J connectivity index is 2.37. The lowest BCUT2D eigenvalue weighted by atomic mass is 10.2. The van der Waals surface area contributed by atoms with Crippen LogP contribution in [0.1, 0.15) is 46.1 Å². The first-order chi connectivity index (χ1) is 9.43. The highest BCUT2D eigenvalue weighted by Gasteiger charge is 2.19. The van der Waals surface area contributed by atoms with E-state index in [9.17, 15) is 4.79 Å². The minimum absolute atomic E-state index is 0.211. The highest BCUT2D eigenvalue weighted by Crippen LogP contribution is 2.16. The summed E-state index contributed by atoms with van der Waals surface area (Å²) in [6.45, 7) is 10.8. The molecule has 1 rings (SSSR count). The summed E-state index contributed by atoms with van der Waals surface area (Å²) in [5, 5.41) is 0. The zero-order valence-corrected chi connectivity index (χ0v) is 13.3. The average Bonchev–Trinajstić information content (AvgIpc) is 2.35. The predicted octanol–water partition coefficient (Wildman–Crippen LogP) is 3.80. The molecular formula is C17H27NO2. The Kier molecular flexibility index (Phi) is 6.56. The van der Waals surface area contributed by atoms with Crippen molar-refractivity contribution in [2.45, 2.75) is 59.5 Å². The number of ether oxygens (including phenoxy) is 1. The summed E-state index contributed by atoms with van der Waals surface area (Å²) >= 11 is 0. The molecule has 0 spiro atoms. The van der Waals surface area contributed by atoms with E-state index in [0.717, 1.165) is 17.7 Å². The number of amides is 1. The van der Waals surface area contributed by atoms with Crippen molar-refractivity contribution in [1.82, 2.24) is 4.90 Å². The second kappa shape index (κ2) is 7.93. The van der Waals surface area contributed by atoms with Crippen LogP contribution in [0, 0.1) is 6.92 Å². The van der Waals surface area contributed by atoms with Gasteiger partial charge in [-0.2, -0.15) is 0 Å². The van der Waals surface area contributed by atoms with Gasteiger partial charge in [-0.15, -0.1) is 0 Å². The van der Waals surface area contributed by atoms with Gasteiger partial charge in [0.05, 0.1) is 6.61 Å². The molecule has 0 radical (unpaired) electrons. The minimum Gasteiger partial charge on any atom is -0.493 e. The molecule has 0 aromatic heterocycles. The maximum atomic E-state index is 12.2. The van der Waals surface area contributed by atoms with E-state index >= 15 is 0 Å². The number of carbonyl (C=O) groups is 1. The molecule has 0 aliphatic carbocycles. The van der Waals surface area contributed by atoms with E-state index in [0.29, 0.717) is 13.0 Å². The van der Waals surface area contributed by atoms with Gasteiger partial charge in [0.25, 0.3) is 0 Å². The van der Waals surface area contributed by atoms with E-state index in [-0.39, 0.29) is 18.0 Å². The minimum atomic E-state index is 0.211. The molecule has 1 aromatic carbocycles. The third-order valence-corrected chi connectivity index (χ3v) is 3.29. The van der Waals surface area contributed by atoms with Gasteiger partial charge in [-0.1, -0.05) is 18.2 Å². The molecule has 0 aliphatic rings. The fourth-order valence-corrected chi connectivity index (χ4v) is 2.43. The van der Waals surface area contributed by atoms with E-state index < -0.39 is 0 Å². The fraction of sp³-hybridized carbons (Fsp3) is 0.588. The van der Waals surface area contributed by atoms with E-state index in [1.54, 1.807) is 0 Å². The standard InChI is InChI=1S/C17H27NO2/c1-13(2)18(14(3)4)17(19)11-8-12-20-16-10-7-6-9-15(16)5/h6-7,9-10,13-14H,8,11-12H2,1-5H3. The molecule has 0 atom stereocenters. The lowest BCUT2D eigenvalue weighted by molar-refractivity contribution is -0.135. The predicted molar refractivity (Wildman–Crippen MR) is 83.0 cm³/mol. The van der Waals surface area contributed by atoms with Gasteiger partial charge in [-0.3, -0.25) is 4.79 Å². The normalized spacial score (nSPS) is 10.9. The Labute approximate surface area is 122 Å². The first-order valence-corrected chi connectivity index (χ1v) is 7.43. The summed E-state index contributed by atoms with van der Waals surface area (Å²) < 4.78 is 5.72. The quantitative estimate of drug-likeness (QED) is 0.709. The van der Waals surface area contributed by atoms with Gasteiger partial charge in [-0.25, -0.2) is 0 Å². The summed E-state index contributed by atoms with van der Waals surface area (Å²) in [6, 6.07) is 8.45. The van der Waals surface area contributed by atoms with Crippen LogP contribution in [0.3, 0.4) is 0 Å². The Morgan fingerprint density at radius 1 is 1.15 bits per heavy atom. The van der Waals surface area contributed by atoms with Crippen LogP contribution < -0.4 is 4.74 Å². The van der Waals surface area contributed by atoms with Gasteiger partial charge in [0.15, 0.2) is 0 Å². The Morgan fingerprint density at radius 3 is 2.30 bits per heavy atom. The number of para-hydroxylation sites is 1. The second-order valence-electron chi connectivity index (χ2n) is 5.71. The van der Waals surface area contributed by atoms with E-state index in [2.05, 4.69) is 27.7 Å². The lowest BCUT2D eigenvalue weighted by Crippen LogP contribution is -2.42. The molecule has 0 unspecified atom stereocenters. The highest BCUT2D eigenvalue weighted by atomic mass is 16.5. The Bertz CT molecular complexity index is 419. The van der Waals surface area contributed by atoms with Gasteiger partial charge in [-0.05, 0) is 52.7 Å². The lowest BCUT2D eigenvalue weighted by Gasteiger charge is -2.30. The zero-order valence-electron chi connectivity index (χ0n) is 13.3. The summed E-state index contributed by atoms with van der Waals surface area (Å²) in [4.78, 5) is 14.1. The maximum Gasteiger partial charge on any atom is 0.223 e. The number of hydrogen-bond donors (Lipinski definition) is 0. The van der Waals surface area contributed by atoms with Gasteiger partial charge in [0.2, 0.25) is 5.91 Å². The smallest absolute Gasteiger partial charge is 0.223 e. The fourth-order valence-electron chi connectivity index (χ4n) is 2.43. The monoisotopic (exact) mass is 277 g/mol. The first kappa shape index (κ1) is 16.5. The van der Waals surface area contributed by atoms with Crippen molar-refractivity contribution < 1.29 is 9.53 Å². The molecule has 0 saturated heterocycles. The van der Waals surface area contributed by atoms with E-state index in [1.165, 1.54) is 0 Å². The Hall–Kier alpha value is -1.51. The second-order valence-corrected chi connectivity index (χ2v) is 5.71. The maximum absolute atomic E-state index is 12.2. The number of carbonyl (C=O) groups excluding carboxylic acids is 1. The van der Waals surface area contributed by atoms with Crippen LogP contribution in [-0.4, -0.2) is 29.5 Å². The topological polar surface area (TPSA) is 29.5 Å². The van der Waals surface area contributed by atoms with Gasteiger partial charge in [0.1, 0.15) is 5.75 Å². The molecule has 1 aromatic rings. The molecule has 3 nitrogen and oxygen atoms in total. The van der Waals surface area contributed by atoms with Gasteiger partial charge < -0.3 is 9.64 Å². The van der Waals surface area contributed by atoms with Crippen LogP contribution in [0.25, 0.3) is 0 Å². The van der Waals surface area contributed by atoms with Crippen LogP contribution in [-0.2, 0) is 4.79 Å². The number of hydrogen-bond acceptors (Lipinski definition) is 2. The SMILES string of the molecule is Cc1ccccc1OCCCC(=O)N(C(C)C)C(C)C. The third-order valence-electron chi connectivity index (χ3n) is 3.29. The molecule has 1 amide bonds. The van der Waals surface area contributed by atoms with Crippen LogP contribution >= 0.6 is 0 Å². The molecule has 112 valence electrons. The van der Waals surface area contributed by atoms with Gasteiger partial charge in [0, 0.05) is 18.5 Å². The first-order valence-electron chi connectivity index (χ1n) is 7.43. The largest absolute Gasteiger partial charge is 0.493 e. The molecule has 20 heavy (non-hydrogen) atoms. The summed E-state index contributed by atoms with van der Waals surface area (Å²) in [7, 11) is 0. The van der Waals surface area contributed by atoms with E-state index in [4.69, 9.17) is 4.74 Å². The molecular weight excluding hydrogens is 250 g/mol. The molecule has 0 aliphatic heterocycles. The number of aryl methyl sites for hydroxylation is 1. The number of nitrogens with zero attached hydrogens (tertiary/aromatic N) is 1. The number of rotatable bonds is 7. The van der Waals surface area contributed by atoms with E-state index in [1.807, 2.05) is 36.1 Å². The van der Waals surface area contributed by atoms with Crippen LogP contribution in [0.4, 0.5) is 0 Å². The van der Waals surface area contributed by atoms with Crippen LogP contribution in [0.15, 0.2) is 24.3 Å². The van der Waals surface area contributed by atoms with Crippen molar-refractivity contribution in [2.24, 2.45) is 0 Å². The van der Waals surface area contributed by atoms with Crippen molar-refractivity contribution in [1.29, 1.82) is 0 Å². The van der Waals surface area contributed by atoms with Crippen LogP contribution in [0.5, 0.6) is 5.75 Å². The number of benzene rings is 1. The Morgan fingerprint density at radius 2 is 1.75 bits per heavy atom. The summed E-state index contributed by atoms with van der Waals surface area (Å²) in [5.41, 5.74) is 1.13. The zero-order chi connectivity index (χ0) is 15.1. The van der Waals surface area contributed by atoms with Crippen molar-refractivity contribution >= 4 is 5.91 Å². The summed E-state index contributed by atoms with van der Waals surface area (Å²) in [5.74, 6) is 1.12. The highest BCUT2D eigenvalue weighted by molar-refractivity contribution is 5.76. The summed E-state index contributed by atoms with van der Waals surface area (Å²) in [6.07, 6.45) is 1.30. The van der Waals surface area contributed by atoms with Crippen molar-refractivity contribution in [2.75, 3.05) is 6.61 Å². The van der Waals surface area contributed by atoms with Crippen molar-refractivity contribution in [3.05, 3.63) is 29.8 Å². The van der Waals surface area contributed by atoms with Crippen molar-refractivity contribution in [3.8, 4) is 5.75 Å². The molecule has 0 fully saturated rings. The third kappa shape index (κ3) is 4.87. The molecule has 3 heteroatoms. The molecule has 0 N–H and O–H groups in total. The van der Waals surface area contributed by atoms with Gasteiger partial charge >= 0.3 is 0 Å².